The molecule has 0 saturated heterocycles. The second-order valence-corrected chi connectivity index (χ2v) is 4.85. The van der Waals surface area contributed by atoms with Gasteiger partial charge in [0.2, 0.25) is 5.91 Å². The van der Waals surface area contributed by atoms with Gasteiger partial charge in [0.15, 0.2) is 0 Å². The molecule has 1 aromatic heterocycles. The third-order valence-electron chi connectivity index (χ3n) is 2.25. The summed E-state index contributed by atoms with van der Waals surface area (Å²) in [6.45, 7) is 6.87. The fraction of sp³-hybridized carbons (Fsp3) is 0.545. The van der Waals surface area contributed by atoms with Gasteiger partial charge in [0.25, 0.3) is 0 Å². The number of thiophene rings is 1. The van der Waals surface area contributed by atoms with Gasteiger partial charge in [-0.05, 0) is 31.2 Å². The molecule has 0 aliphatic rings. The lowest BCUT2D eigenvalue weighted by molar-refractivity contribution is -0.116. The first-order valence-electron chi connectivity index (χ1n) is 5.02. The van der Waals surface area contributed by atoms with Gasteiger partial charge in [-0.3, -0.25) is 4.79 Å². The Bertz CT molecular complexity index is 329. The van der Waals surface area contributed by atoms with Crippen molar-refractivity contribution in [2.45, 2.75) is 27.2 Å². The van der Waals surface area contributed by atoms with Gasteiger partial charge in [0, 0.05) is 11.4 Å². The normalized spacial score (nSPS) is 10.4. The highest BCUT2D eigenvalue weighted by Crippen LogP contribution is 2.30. The van der Waals surface area contributed by atoms with E-state index in [-0.39, 0.29) is 11.8 Å². The van der Waals surface area contributed by atoms with Crippen molar-refractivity contribution in [3.05, 3.63) is 15.8 Å². The van der Waals surface area contributed by atoms with Crippen molar-refractivity contribution in [1.29, 1.82) is 0 Å². The second-order valence-electron chi connectivity index (χ2n) is 3.50. The summed E-state index contributed by atoms with van der Waals surface area (Å²) in [5.74, 6) is 0.0393. The molecule has 0 aliphatic carbocycles. The van der Waals surface area contributed by atoms with Crippen molar-refractivity contribution in [3.63, 3.8) is 0 Å². The topological polar surface area (TPSA) is 20.3 Å². The SMILES string of the molecule is CCCN(C(=O)CCl)c1c(C)csc1C. The minimum atomic E-state index is -0.0110. The Morgan fingerprint density at radius 3 is 2.60 bits per heavy atom. The maximum absolute atomic E-state index is 11.7. The first-order valence-corrected chi connectivity index (χ1v) is 6.44. The zero-order valence-corrected chi connectivity index (χ0v) is 10.9. The predicted molar refractivity (Wildman–Crippen MR) is 67.2 cm³/mol. The van der Waals surface area contributed by atoms with Crippen molar-refractivity contribution in [2.24, 2.45) is 0 Å². The van der Waals surface area contributed by atoms with Crippen molar-refractivity contribution in [3.8, 4) is 0 Å². The fourth-order valence-electron chi connectivity index (χ4n) is 1.63. The Kier molecular flexibility index (Phi) is 4.61. The maximum atomic E-state index is 11.7. The number of anilines is 1. The highest BCUT2D eigenvalue weighted by molar-refractivity contribution is 7.10. The van der Waals surface area contributed by atoms with Crippen LogP contribution in [0.4, 0.5) is 5.69 Å². The Morgan fingerprint density at radius 2 is 2.20 bits per heavy atom. The number of alkyl halides is 1. The first-order chi connectivity index (χ1) is 7.11. The second kappa shape index (κ2) is 5.52. The summed E-state index contributed by atoms with van der Waals surface area (Å²) >= 11 is 7.29. The Hall–Kier alpha value is -0.540. The monoisotopic (exact) mass is 245 g/mol. The van der Waals surface area contributed by atoms with Crippen LogP contribution in [0.15, 0.2) is 5.38 Å². The first kappa shape index (κ1) is 12.5. The molecule has 4 heteroatoms. The van der Waals surface area contributed by atoms with Gasteiger partial charge in [0.1, 0.15) is 5.88 Å². The number of aryl methyl sites for hydroxylation is 2. The summed E-state index contributed by atoms with van der Waals surface area (Å²) in [7, 11) is 0. The van der Waals surface area contributed by atoms with E-state index in [1.807, 2.05) is 13.8 Å². The van der Waals surface area contributed by atoms with E-state index in [1.165, 1.54) is 4.88 Å². The average Bonchev–Trinajstić information content (AvgIpc) is 2.55. The number of carbonyl (C=O) groups is 1. The molecule has 0 bridgehead atoms. The van der Waals surface area contributed by atoms with E-state index in [0.29, 0.717) is 0 Å². The van der Waals surface area contributed by atoms with E-state index >= 15 is 0 Å². The highest BCUT2D eigenvalue weighted by Gasteiger charge is 2.18. The molecule has 0 fully saturated rings. The largest absolute Gasteiger partial charge is 0.310 e. The zero-order chi connectivity index (χ0) is 11.4. The number of halogens is 1. The quantitative estimate of drug-likeness (QED) is 0.745. The van der Waals surface area contributed by atoms with Crippen LogP contribution >= 0.6 is 22.9 Å². The minimum absolute atomic E-state index is 0.0110. The van der Waals surface area contributed by atoms with Gasteiger partial charge in [-0.15, -0.1) is 22.9 Å². The van der Waals surface area contributed by atoms with Gasteiger partial charge in [-0.25, -0.2) is 0 Å². The van der Waals surface area contributed by atoms with Crippen LogP contribution in [0.1, 0.15) is 23.8 Å². The standard InChI is InChI=1S/C11H16ClNOS/c1-4-5-13(10(14)6-12)11-8(2)7-15-9(11)3/h7H,4-6H2,1-3H3. The summed E-state index contributed by atoms with van der Waals surface area (Å²) < 4.78 is 0. The number of amides is 1. The van der Waals surface area contributed by atoms with E-state index in [0.717, 1.165) is 24.2 Å². The molecule has 0 radical (unpaired) electrons. The molecule has 1 aromatic rings. The van der Waals surface area contributed by atoms with Gasteiger partial charge >= 0.3 is 0 Å². The van der Waals surface area contributed by atoms with Crippen LogP contribution in [0.2, 0.25) is 0 Å². The number of hydrogen-bond acceptors (Lipinski definition) is 2. The molecule has 0 N–H and O–H groups in total. The van der Waals surface area contributed by atoms with Gasteiger partial charge in [-0.2, -0.15) is 0 Å². The van der Waals surface area contributed by atoms with E-state index < -0.39 is 0 Å². The van der Waals surface area contributed by atoms with Crippen LogP contribution in [-0.4, -0.2) is 18.3 Å². The fourth-order valence-corrected chi connectivity index (χ4v) is 2.62. The molecule has 1 heterocycles. The van der Waals surface area contributed by atoms with Crippen LogP contribution in [0.25, 0.3) is 0 Å². The molecule has 0 saturated carbocycles. The summed E-state index contributed by atoms with van der Waals surface area (Å²) in [6.07, 6.45) is 0.942. The third-order valence-corrected chi connectivity index (χ3v) is 3.50. The molecular formula is C11H16ClNOS. The van der Waals surface area contributed by atoms with Crippen molar-refractivity contribution >= 4 is 34.5 Å². The summed E-state index contributed by atoms with van der Waals surface area (Å²) in [6, 6.07) is 0. The minimum Gasteiger partial charge on any atom is -0.310 e. The van der Waals surface area contributed by atoms with Crippen molar-refractivity contribution < 1.29 is 4.79 Å². The number of hydrogen-bond donors (Lipinski definition) is 0. The van der Waals surface area contributed by atoms with Gasteiger partial charge in [0.05, 0.1) is 5.69 Å². The molecule has 0 spiro atoms. The summed E-state index contributed by atoms with van der Waals surface area (Å²) in [4.78, 5) is 14.7. The molecule has 0 aliphatic heterocycles. The Balaban J connectivity index is 3.03. The van der Waals surface area contributed by atoms with Crippen LogP contribution in [0.3, 0.4) is 0 Å². The molecular weight excluding hydrogens is 230 g/mol. The van der Waals surface area contributed by atoms with Gasteiger partial charge < -0.3 is 4.90 Å². The van der Waals surface area contributed by atoms with Crippen molar-refractivity contribution in [2.75, 3.05) is 17.3 Å². The number of carbonyl (C=O) groups excluding carboxylic acids is 1. The summed E-state index contributed by atoms with van der Waals surface area (Å²) in [5, 5.41) is 2.08. The van der Waals surface area contributed by atoms with Crippen LogP contribution in [0.5, 0.6) is 0 Å². The van der Waals surface area contributed by atoms with E-state index in [9.17, 15) is 4.79 Å². The average molecular weight is 246 g/mol. The Labute approximate surface area is 99.9 Å². The van der Waals surface area contributed by atoms with E-state index in [1.54, 1.807) is 16.2 Å². The molecule has 2 nitrogen and oxygen atoms in total. The van der Waals surface area contributed by atoms with E-state index in [2.05, 4.69) is 12.3 Å². The zero-order valence-electron chi connectivity index (χ0n) is 9.34. The lowest BCUT2D eigenvalue weighted by Crippen LogP contribution is -2.33. The third kappa shape index (κ3) is 2.73. The number of rotatable bonds is 4. The maximum Gasteiger partial charge on any atom is 0.241 e. The van der Waals surface area contributed by atoms with Crippen LogP contribution in [-0.2, 0) is 4.79 Å². The highest BCUT2D eigenvalue weighted by atomic mass is 35.5. The lowest BCUT2D eigenvalue weighted by Gasteiger charge is -2.22. The molecule has 0 unspecified atom stereocenters. The van der Waals surface area contributed by atoms with Crippen LogP contribution < -0.4 is 4.90 Å². The molecule has 15 heavy (non-hydrogen) atoms. The van der Waals surface area contributed by atoms with Crippen LogP contribution in [0, 0.1) is 13.8 Å². The lowest BCUT2D eigenvalue weighted by atomic mass is 10.2. The molecule has 1 rings (SSSR count). The Morgan fingerprint density at radius 1 is 1.53 bits per heavy atom. The molecule has 0 aromatic carbocycles. The smallest absolute Gasteiger partial charge is 0.241 e. The predicted octanol–water partition coefficient (Wildman–Crippen LogP) is 3.35. The van der Waals surface area contributed by atoms with Gasteiger partial charge in [-0.1, -0.05) is 6.92 Å². The number of nitrogens with zero attached hydrogens (tertiary/aromatic N) is 1. The van der Waals surface area contributed by atoms with Crippen molar-refractivity contribution in [1.82, 2.24) is 0 Å². The summed E-state index contributed by atoms with van der Waals surface area (Å²) in [5.41, 5.74) is 2.21. The van der Waals surface area contributed by atoms with E-state index in [4.69, 9.17) is 11.6 Å². The molecule has 1 amide bonds. The molecule has 84 valence electrons. The molecule has 0 atom stereocenters.